The summed E-state index contributed by atoms with van der Waals surface area (Å²) in [5, 5.41) is 5.51. The van der Waals surface area contributed by atoms with Crippen LogP contribution in [0.1, 0.15) is 13.0 Å². The molecule has 0 fully saturated rings. The zero-order chi connectivity index (χ0) is 10.1. The molecule has 0 aliphatic heterocycles. The molecule has 0 unspecified atom stereocenters. The molecule has 2 aromatic rings. The van der Waals surface area contributed by atoms with E-state index in [-0.39, 0.29) is 6.04 Å². The third-order valence-electron chi connectivity index (χ3n) is 2.32. The van der Waals surface area contributed by atoms with Crippen molar-refractivity contribution in [3.8, 4) is 0 Å². The molecule has 74 valence electrons. The summed E-state index contributed by atoms with van der Waals surface area (Å²) in [4.78, 5) is 0. The second kappa shape index (κ2) is 3.86. The van der Waals surface area contributed by atoms with Crippen LogP contribution in [0.5, 0.6) is 0 Å². The van der Waals surface area contributed by atoms with Gasteiger partial charge in [0.2, 0.25) is 0 Å². The number of benzene rings is 1. The summed E-state index contributed by atoms with van der Waals surface area (Å²) in [5.41, 5.74) is 6.79. The van der Waals surface area contributed by atoms with Gasteiger partial charge in [-0.3, -0.25) is 4.68 Å². The van der Waals surface area contributed by atoms with Crippen LogP contribution in [0.4, 0.5) is 0 Å². The molecule has 0 amide bonds. The van der Waals surface area contributed by atoms with Crippen LogP contribution < -0.4 is 5.73 Å². The van der Waals surface area contributed by atoms with Crippen LogP contribution in [0.15, 0.2) is 24.4 Å². The zero-order valence-corrected chi connectivity index (χ0v) is 10.1. The number of fused-ring (bicyclic) bond motifs is 1. The Hall–Kier alpha value is -0.620. The Balaban J connectivity index is 2.61. The summed E-state index contributed by atoms with van der Waals surface area (Å²) in [6, 6.07) is 6.56. The Morgan fingerprint density at radius 3 is 3.07 bits per heavy atom. The molecule has 0 bridgehead atoms. The van der Waals surface area contributed by atoms with E-state index in [0.29, 0.717) is 6.54 Å². The van der Waals surface area contributed by atoms with Crippen LogP contribution in [0.2, 0.25) is 0 Å². The summed E-state index contributed by atoms with van der Waals surface area (Å²) in [5.74, 6) is 0. The fourth-order valence-electron chi connectivity index (χ4n) is 1.46. The monoisotopic (exact) mass is 301 g/mol. The average molecular weight is 301 g/mol. The lowest BCUT2D eigenvalue weighted by atomic mass is 10.2. The van der Waals surface area contributed by atoms with Gasteiger partial charge < -0.3 is 5.73 Å². The molecule has 4 heteroatoms. The van der Waals surface area contributed by atoms with Crippen molar-refractivity contribution in [3.63, 3.8) is 0 Å². The van der Waals surface area contributed by atoms with E-state index in [0.717, 1.165) is 5.52 Å². The van der Waals surface area contributed by atoms with Crippen molar-refractivity contribution in [2.45, 2.75) is 13.0 Å². The van der Waals surface area contributed by atoms with Gasteiger partial charge in [-0.15, -0.1) is 0 Å². The molecule has 0 radical (unpaired) electrons. The third-order valence-corrected chi connectivity index (χ3v) is 2.99. The van der Waals surface area contributed by atoms with Crippen LogP contribution in [0.3, 0.4) is 0 Å². The van der Waals surface area contributed by atoms with Gasteiger partial charge in [-0.1, -0.05) is 6.07 Å². The highest BCUT2D eigenvalue weighted by molar-refractivity contribution is 14.1. The van der Waals surface area contributed by atoms with Crippen molar-refractivity contribution in [1.29, 1.82) is 0 Å². The molecule has 0 aliphatic carbocycles. The first-order valence-electron chi connectivity index (χ1n) is 4.55. The molecule has 0 saturated heterocycles. The summed E-state index contributed by atoms with van der Waals surface area (Å²) in [6.07, 6.45) is 1.89. The van der Waals surface area contributed by atoms with Gasteiger partial charge >= 0.3 is 0 Å². The van der Waals surface area contributed by atoms with Crippen molar-refractivity contribution < 1.29 is 0 Å². The van der Waals surface area contributed by atoms with E-state index >= 15 is 0 Å². The van der Waals surface area contributed by atoms with E-state index in [1.807, 2.05) is 10.9 Å². The molecule has 1 aromatic carbocycles. The SMILES string of the molecule is C[C@@H](CN)n1ncc2ccc(I)cc21. The van der Waals surface area contributed by atoms with Gasteiger partial charge in [0.1, 0.15) is 0 Å². The largest absolute Gasteiger partial charge is 0.328 e. The van der Waals surface area contributed by atoms with E-state index < -0.39 is 0 Å². The molecule has 2 rings (SSSR count). The molecular weight excluding hydrogens is 289 g/mol. The first kappa shape index (κ1) is 9.92. The quantitative estimate of drug-likeness (QED) is 0.864. The molecule has 1 atom stereocenters. The minimum Gasteiger partial charge on any atom is -0.328 e. The zero-order valence-electron chi connectivity index (χ0n) is 7.94. The van der Waals surface area contributed by atoms with Crippen LogP contribution in [-0.4, -0.2) is 16.3 Å². The highest BCUT2D eigenvalue weighted by Crippen LogP contribution is 2.19. The minimum absolute atomic E-state index is 0.255. The van der Waals surface area contributed by atoms with E-state index in [9.17, 15) is 0 Å². The topological polar surface area (TPSA) is 43.8 Å². The Labute approximate surface area is 96.4 Å². The highest BCUT2D eigenvalue weighted by Gasteiger charge is 2.07. The lowest BCUT2D eigenvalue weighted by Gasteiger charge is -2.10. The van der Waals surface area contributed by atoms with E-state index in [1.54, 1.807) is 0 Å². The maximum absolute atomic E-state index is 5.63. The molecule has 14 heavy (non-hydrogen) atoms. The van der Waals surface area contributed by atoms with Gasteiger partial charge in [-0.05, 0) is 41.6 Å². The first-order chi connectivity index (χ1) is 6.72. The summed E-state index contributed by atoms with van der Waals surface area (Å²) >= 11 is 2.31. The number of aromatic nitrogens is 2. The molecule has 1 heterocycles. The van der Waals surface area contributed by atoms with Crippen LogP contribution >= 0.6 is 22.6 Å². The van der Waals surface area contributed by atoms with Gasteiger partial charge in [0.05, 0.1) is 17.8 Å². The highest BCUT2D eigenvalue weighted by atomic mass is 127. The lowest BCUT2D eigenvalue weighted by Crippen LogP contribution is -2.16. The summed E-state index contributed by atoms with van der Waals surface area (Å²) in [6.45, 7) is 2.69. The summed E-state index contributed by atoms with van der Waals surface area (Å²) < 4.78 is 3.21. The Morgan fingerprint density at radius 2 is 2.36 bits per heavy atom. The second-order valence-electron chi connectivity index (χ2n) is 3.38. The fraction of sp³-hybridized carbons (Fsp3) is 0.300. The second-order valence-corrected chi connectivity index (χ2v) is 4.62. The van der Waals surface area contributed by atoms with Gasteiger partial charge in [-0.2, -0.15) is 5.10 Å². The van der Waals surface area contributed by atoms with E-state index in [2.05, 4.69) is 52.8 Å². The molecule has 2 N–H and O–H groups in total. The minimum atomic E-state index is 0.255. The van der Waals surface area contributed by atoms with E-state index in [4.69, 9.17) is 5.73 Å². The van der Waals surface area contributed by atoms with Gasteiger partial charge in [0.25, 0.3) is 0 Å². The van der Waals surface area contributed by atoms with Crippen molar-refractivity contribution >= 4 is 33.5 Å². The number of hydrogen-bond acceptors (Lipinski definition) is 2. The average Bonchev–Trinajstić information content (AvgIpc) is 2.59. The number of hydrogen-bond donors (Lipinski definition) is 1. The van der Waals surface area contributed by atoms with Crippen molar-refractivity contribution in [3.05, 3.63) is 28.0 Å². The molecule has 0 spiro atoms. The van der Waals surface area contributed by atoms with E-state index in [1.165, 1.54) is 8.96 Å². The maximum Gasteiger partial charge on any atom is 0.0696 e. The van der Waals surface area contributed by atoms with Crippen molar-refractivity contribution in [2.75, 3.05) is 6.54 Å². The predicted molar refractivity (Wildman–Crippen MR) is 66.2 cm³/mol. The number of halogens is 1. The number of nitrogens with two attached hydrogens (primary N) is 1. The standard InChI is InChI=1S/C10H12IN3/c1-7(5-12)14-10-4-9(11)3-2-8(10)6-13-14/h2-4,6-7H,5,12H2,1H3/t7-/m0/s1. The van der Waals surface area contributed by atoms with Crippen LogP contribution in [0.25, 0.3) is 10.9 Å². The first-order valence-corrected chi connectivity index (χ1v) is 5.63. The normalized spacial score (nSPS) is 13.4. The maximum atomic E-state index is 5.63. The lowest BCUT2D eigenvalue weighted by molar-refractivity contribution is 0.517. The van der Waals surface area contributed by atoms with Gasteiger partial charge in [0.15, 0.2) is 0 Å². The fourth-order valence-corrected chi connectivity index (χ4v) is 1.94. The Bertz CT molecular complexity index is 450. The Morgan fingerprint density at radius 1 is 1.57 bits per heavy atom. The van der Waals surface area contributed by atoms with Gasteiger partial charge in [0, 0.05) is 15.5 Å². The molecule has 1 aromatic heterocycles. The van der Waals surface area contributed by atoms with Crippen molar-refractivity contribution in [2.24, 2.45) is 5.73 Å². The smallest absolute Gasteiger partial charge is 0.0696 e. The number of nitrogens with zero attached hydrogens (tertiary/aromatic N) is 2. The van der Waals surface area contributed by atoms with Gasteiger partial charge in [-0.25, -0.2) is 0 Å². The molecule has 0 aliphatic rings. The Kier molecular flexibility index (Phi) is 2.73. The molecular formula is C10H12IN3. The summed E-state index contributed by atoms with van der Waals surface area (Å²) in [7, 11) is 0. The molecule has 0 saturated carbocycles. The predicted octanol–water partition coefficient (Wildman–Crippen LogP) is 2.16. The van der Waals surface area contributed by atoms with Crippen molar-refractivity contribution in [1.82, 2.24) is 9.78 Å². The number of rotatable bonds is 2. The van der Waals surface area contributed by atoms with Crippen LogP contribution in [0, 0.1) is 3.57 Å². The van der Waals surface area contributed by atoms with Crippen LogP contribution in [-0.2, 0) is 0 Å². The molecule has 3 nitrogen and oxygen atoms in total. The third kappa shape index (κ3) is 1.64.